The first-order valence-electron chi connectivity index (χ1n) is 9.28. The highest BCUT2D eigenvalue weighted by molar-refractivity contribution is 7.08. The van der Waals surface area contributed by atoms with Gasteiger partial charge in [-0.2, -0.15) is 11.3 Å². The zero-order valence-electron chi connectivity index (χ0n) is 15.5. The lowest BCUT2D eigenvalue weighted by molar-refractivity contribution is -0.121. The zero-order chi connectivity index (χ0) is 18.1. The third kappa shape index (κ3) is 6.12. The molecule has 140 valence electrons. The molecule has 0 radical (unpaired) electrons. The molecule has 1 aliphatic carbocycles. The van der Waals surface area contributed by atoms with Crippen LogP contribution in [0.2, 0.25) is 0 Å². The molecule has 0 aliphatic heterocycles. The number of rotatable bonds is 8. The smallest absolute Gasteiger partial charge is 0.252 e. The molecule has 25 heavy (non-hydrogen) atoms. The Kier molecular flexibility index (Phi) is 7.90. The fraction of sp³-hybridized carbons (Fsp3) is 0.684. The number of likely N-dealkylation sites (N-methyl/N-ethyl adjacent to an activating group) is 1. The van der Waals surface area contributed by atoms with E-state index in [0.29, 0.717) is 24.9 Å². The molecule has 1 aromatic rings. The molecule has 0 bridgehead atoms. The average Bonchev–Trinajstić information content (AvgIpc) is 3.02. The van der Waals surface area contributed by atoms with Crippen LogP contribution in [0.4, 0.5) is 0 Å². The third-order valence-electron chi connectivity index (χ3n) is 5.25. The molecule has 1 aromatic heterocycles. The van der Waals surface area contributed by atoms with E-state index in [2.05, 4.69) is 29.6 Å². The van der Waals surface area contributed by atoms with Gasteiger partial charge >= 0.3 is 0 Å². The normalized spacial score (nSPS) is 17.1. The van der Waals surface area contributed by atoms with Crippen molar-refractivity contribution in [1.29, 1.82) is 0 Å². The van der Waals surface area contributed by atoms with Crippen LogP contribution < -0.4 is 10.6 Å². The lowest BCUT2D eigenvalue weighted by Gasteiger charge is -2.39. The van der Waals surface area contributed by atoms with Crippen LogP contribution in [0.15, 0.2) is 16.8 Å². The van der Waals surface area contributed by atoms with Crippen LogP contribution in [0.3, 0.4) is 0 Å². The Hall–Kier alpha value is -1.40. The lowest BCUT2D eigenvalue weighted by atomic mass is 9.88. The van der Waals surface area contributed by atoms with Crippen LogP contribution >= 0.6 is 11.3 Å². The van der Waals surface area contributed by atoms with Crippen LogP contribution in [0, 0.1) is 0 Å². The lowest BCUT2D eigenvalue weighted by Crippen LogP contribution is -2.52. The number of carbonyl (C=O) groups is 2. The molecule has 5 nitrogen and oxygen atoms in total. The fourth-order valence-corrected chi connectivity index (χ4v) is 4.10. The number of nitrogens with zero attached hydrogens (tertiary/aromatic N) is 1. The number of hydrogen-bond donors (Lipinski definition) is 2. The SMILES string of the molecule is CN(C)C1(CNC(=O)CCCNC(=O)c2ccsc2)CCCCCC1. The summed E-state index contributed by atoms with van der Waals surface area (Å²) in [7, 11) is 4.24. The summed E-state index contributed by atoms with van der Waals surface area (Å²) < 4.78 is 0. The van der Waals surface area contributed by atoms with Gasteiger partial charge in [0.1, 0.15) is 0 Å². The van der Waals surface area contributed by atoms with Gasteiger partial charge in [-0.3, -0.25) is 9.59 Å². The van der Waals surface area contributed by atoms with E-state index >= 15 is 0 Å². The Morgan fingerprint density at radius 2 is 1.88 bits per heavy atom. The third-order valence-corrected chi connectivity index (χ3v) is 5.93. The molecular weight excluding hydrogens is 334 g/mol. The van der Waals surface area contributed by atoms with Crippen molar-refractivity contribution in [1.82, 2.24) is 15.5 Å². The Morgan fingerprint density at radius 1 is 1.16 bits per heavy atom. The van der Waals surface area contributed by atoms with Crippen molar-refractivity contribution < 1.29 is 9.59 Å². The maximum atomic E-state index is 12.2. The zero-order valence-corrected chi connectivity index (χ0v) is 16.3. The Labute approximate surface area is 155 Å². The second kappa shape index (κ2) is 9.92. The number of thiophene rings is 1. The molecular formula is C19H31N3O2S. The molecule has 2 N–H and O–H groups in total. The highest BCUT2D eigenvalue weighted by Crippen LogP contribution is 2.30. The van der Waals surface area contributed by atoms with Gasteiger partial charge in [-0.1, -0.05) is 25.7 Å². The van der Waals surface area contributed by atoms with E-state index in [1.807, 2.05) is 10.8 Å². The summed E-state index contributed by atoms with van der Waals surface area (Å²) >= 11 is 1.51. The van der Waals surface area contributed by atoms with Crippen molar-refractivity contribution in [2.45, 2.75) is 56.9 Å². The van der Waals surface area contributed by atoms with E-state index < -0.39 is 0 Å². The predicted octanol–water partition coefficient (Wildman–Crippen LogP) is 3.03. The van der Waals surface area contributed by atoms with Gasteiger partial charge in [0.25, 0.3) is 5.91 Å². The van der Waals surface area contributed by atoms with Gasteiger partial charge in [0.15, 0.2) is 0 Å². The molecule has 1 saturated carbocycles. The molecule has 1 fully saturated rings. The molecule has 0 unspecified atom stereocenters. The Bertz CT molecular complexity index is 535. The largest absolute Gasteiger partial charge is 0.354 e. The standard InChI is InChI=1S/C19H31N3O2S/c1-22(2)19(10-5-3-4-6-11-19)15-21-17(23)8-7-12-20-18(24)16-9-13-25-14-16/h9,13-14H,3-8,10-12,15H2,1-2H3,(H,20,24)(H,21,23). The van der Waals surface area contributed by atoms with Crippen molar-refractivity contribution in [3.63, 3.8) is 0 Å². The van der Waals surface area contributed by atoms with E-state index in [1.165, 1.54) is 37.0 Å². The van der Waals surface area contributed by atoms with Crippen molar-refractivity contribution in [3.8, 4) is 0 Å². The monoisotopic (exact) mass is 365 g/mol. The number of carbonyl (C=O) groups excluding carboxylic acids is 2. The molecule has 0 spiro atoms. The molecule has 1 heterocycles. The van der Waals surface area contributed by atoms with E-state index in [9.17, 15) is 9.59 Å². The summed E-state index contributed by atoms with van der Waals surface area (Å²) in [6.07, 6.45) is 8.49. The second-order valence-corrected chi connectivity index (χ2v) is 7.96. The van der Waals surface area contributed by atoms with Crippen molar-refractivity contribution in [2.75, 3.05) is 27.2 Å². The Morgan fingerprint density at radius 3 is 2.48 bits per heavy atom. The Balaban J connectivity index is 1.68. The quantitative estimate of drug-likeness (QED) is 0.550. The van der Waals surface area contributed by atoms with Gasteiger partial charge in [0.2, 0.25) is 5.91 Å². The maximum absolute atomic E-state index is 12.2. The molecule has 2 rings (SSSR count). The second-order valence-electron chi connectivity index (χ2n) is 7.18. The van der Waals surface area contributed by atoms with E-state index in [-0.39, 0.29) is 17.4 Å². The fourth-order valence-electron chi connectivity index (χ4n) is 3.47. The first kappa shape index (κ1) is 19.9. The number of nitrogens with one attached hydrogen (secondary N) is 2. The van der Waals surface area contributed by atoms with Crippen LogP contribution in [0.25, 0.3) is 0 Å². The van der Waals surface area contributed by atoms with Crippen molar-refractivity contribution >= 4 is 23.2 Å². The van der Waals surface area contributed by atoms with Crippen molar-refractivity contribution in [3.05, 3.63) is 22.4 Å². The summed E-state index contributed by atoms with van der Waals surface area (Å²) in [5.41, 5.74) is 0.787. The first-order chi connectivity index (χ1) is 12.0. The molecule has 1 aliphatic rings. The maximum Gasteiger partial charge on any atom is 0.252 e. The summed E-state index contributed by atoms with van der Waals surface area (Å²) in [6.45, 7) is 1.25. The van der Waals surface area contributed by atoms with Gasteiger partial charge in [0, 0.05) is 36.0 Å². The minimum absolute atomic E-state index is 0.0633. The highest BCUT2D eigenvalue weighted by Gasteiger charge is 2.33. The van der Waals surface area contributed by atoms with Crippen LogP contribution in [-0.2, 0) is 4.79 Å². The predicted molar refractivity (Wildman–Crippen MR) is 103 cm³/mol. The number of amides is 2. The highest BCUT2D eigenvalue weighted by atomic mass is 32.1. The van der Waals surface area contributed by atoms with E-state index in [1.54, 1.807) is 6.07 Å². The first-order valence-corrected chi connectivity index (χ1v) is 10.2. The summed E-state index contributed by atoms with van der Waals surface area (Å²) in [6, 6.07) is 1.81. The minimum atomic E-state index is -0.0633. The molecule has 0 atom stereocenters. The summed E-state index contributed by atoms with van der Waals surface area (Å²) in [4.78, 5) is 26.3. The van der Waals surface area contributed by atoms with Crippen LogP contribution in [-0.4, -0.2) is 49.4 Å². The van der Waals surface area contributed by atoms with Crippen LogP contribution in [0.1, 0.15) is 61.7 Å². The molecule has 6 heteroatoms. The van der Waals surface area contributed by atoms with Gasteiger partial charge in [-0.25, -0.2) is 0 Å². The van der Waals surface area contributed by atoms with Gasteiger partial charge in [-0.05, 0) is 44.8 Å². The van der Waals surface area contributed by atoms with E-state index in [0.717, 1.165) is 19.4 Å². The molecule has 0 aromatic carbocycles. The summed E-state index contributed by atoms with van der Waals surface area (Å²) in [5.74, 6) is 0.0157. The van der Waals surface area contributed by atoms with E-state index in [4.69, 9.17) is 0 Å². The van der Waals surface area contributed by atoms with Crippen LogP contribution in [0.5, 0.6) is 0 Å². The molecule has 2 amide bonds. The number of hydrogen-bond acceptors (Lipinski definition) is 4. The van der Waals surface area contributed by atoms with Gasteiger partial charge in [0.05, 0.1) is 0 Å². The van der Waals surface area contributed by atoms with Gasteiger partial charge < -0.3 is 15.5 Å². The van der Waals surface area contributed by atoms with Crippen molar-refractivity contribution in [2.24, 2.45) is 0 Å². The minimum Gasteiger partial charge on any atom is -0.354 e. The molecule has 0 saturated heterocycles. The van der Waals surface area contributed by atoms with Gasteiger partial charge in [-0.15, -0.1) is 0 Å². The average molecular weight is 366 g/mol. The topological polar surface area (TPSA) is 61.4 Å². The summed E-state index contributed by atoms with van der Waals surface area (Å²) in [5, 5.41) is 9.70.